The third-order valence-corrected chi connectivity index (χ3v) is 8.41. The summed E-state index contributed by atoms with van der Waals surface area (Å²) in [5.41, 5.74) is 5.64. The smallest absolute Gasteiger partial charge is 0.303 e. The number of hydrogen-bond donors (Lipinski definition) is 2. The maximum absolute atomic E-state index is 13.4. The minimum atomic E-state index is -3.43. The number of nitrogens with one attached hydrogen (secondary N) is 1. The maximum atomic E-state index is 13.4. The van der Waals surface area contributed by atoms with Gasteiger partial charge < -0.3 is 10.4 Å². The third kappa shape index (κ3) is 6.07. The molecule has 208 valence electrons. The highest BCUT2D eigenvalue weighted by atomic mass is 32.2. The lowest BCUT2D eigenvalue weighted by Gasteiger charge is -2.34. The van der Waals surface area contributed by atoms with Crippen LogP contribution in [-0.4, -0.2) is 48.2 Å². The molecular formula is C30H32N4O5S. The summed E-state index contributed by atoms with van der Waals surface area (Å²) in [6.07, 6.45) is 11.8. The number of rotatable bonds is 9. The SMILES string of the molecule is CS(=O)(=O)N1CCC(NC(=O)c2ccc3nc(C4=CCCC=C4)c(CCCCC(=O)O)nc3c2)c2ccccc21. The number of anilines is 1. The molecule has 5 rings (SSSR count). The van der Waals surface area contributed by atoms with Crippen molar-refractivity contribution in [3.05, 3.63) is 83.2 Å². The minimum absolute atomic E-state index is 0.107. The van der Waals surface area contributed by atoms with E-state index in [1.165, 1.54) is 10.6 Å². The highest BCUT2D eigenvalue weighted by Crippen LogP contribution is 2.35. The fraction of sp³-hybridized carbons (Fsp3) is 0.333. The number of sulfonamides is 1. The summed E-state index contributed by atoms with van der Waals surface area (Å²) in [7, 11) is -3.43. The van der Waals surface area contributed by atoms with E-state index < -0.39 is 16.0 Å². The number of para-hydroxylation sites is 1. The average Bonchev–Trinajstić information content (AvgIpc) is 2.94. The van der Waals surface area contributed by atoms with E-state index in [1.54, 1.807) is 30.3 Å². The predicted molar refractivity (Wildman–Crippen MR) is 155 cm³/mol. The van der Waals surface area contributed by atoms with Crippen LogP contribution in [0.3, 0.4) is 0 Å². The van der Waals surface area contributed by atoms with Crippen LogP contribution in [0.4, 0.5) is 5.69 Å². The lowest BCUT2D eigenvalue weighted by Crippen LogP contribution is -2.40. The van der Waals surface area contributed by atoms with Crippen molar-refractivity contribution in [1.29, 1.82) is 0 Å². The van der Waals surface area contributed by atoms with Gasteiger partial charge in [-0.25, -0.2) is 18.4 Å². The molecule has 3 aromatic rings. The van der Waals surface area contributed by atoms with Gasteiger partial charge in [-0.1, -0.05) is 36.4 Å². The zero-order chi connectivity index (χ0) is 28.3. The van der Waals surface area contributed by atoms with Crippen molar-refractivity contribution in [2.24, 2.45) is 0 Å². The molecule has 0 bridgehead atoms. The Morgan fingerprint density at radius 3 is 2.65 bits per heavy atom. The highest BCUT2D eigenvalue weighted by Gasteiger charge is 2.30. The number of fused-ring (bicyclic) bond motifs is 2. The molecule has 40 heavy (non-hydrogen) atoms. The van der Waals surface area contributed by atoms with Gasteiger partial charge in [0.15, 0.2) is 0 Å². The van der Waals surface area contributed by atoms with Gasteiger partial charge in [0.25, 0.3) is 5.91 Å². The van der Waals surface area contributed by atoms with Gasteiger partial charge in [0.05, 0.1) is 40.4 Å². The molecule has 0 saturated carbocycles. The van der Waals surface area contributed by atoms with Crippen LogP contribution >= 0.6 is 0 Å². The molecule has 1 aromatic heterocycles. The molecule has 9 nitrogen and oxygen atoms in total. The first-order chi connectivity index (χ1) is 19.2. The normalized spacial score (nSPS) is 16.9. The second kappa shape index (κ2) is 11.6. The lowest BCUT2D eigenvalue weighted by atomic mass is 9.97. The number of nitrogens with zero attached hydrogens (tertiary/aromatic N) is 3. The monoisotopic (exact) mass is 560 g/mol. The van der Waals surface area contributed by atoms with Gasteiger partial charge in [-0.2, -0.15) is 0 Å². The van der Waals surface area contributed by atoms with Crippen LogP contribution in [0.2, 0.25) is 0 Å². The maximum Gasteiger partial charge on any atom is 0.303 e. The summed E-state index contributed by atoms with van der Waals surface area (Å²) in [5, 5.41) is 12.1. The van der Waals surface area contributed by atoms with E-state index in [0.29, 0.717) is 48.0 Å². The number of aryl methyl sites for hydroxylation is 1. The zero-order valence-corrected chi connectivity index (χ0v) is 23.2. The van der Waals surface area contributed by atoms with Gasteiger partial charge in [0, 0.05) is 18.5 Å². The molecule has 2 aliphatic rings. The van der Waals surface area contributed by atoms with Crippen molar-refractivity contribution in [2.45, 2.75) is 51.0 Å². The second-order valence-electron chi connectivity index (χ2n) is 10.2. The number of carbonyl (C=O) groups is 2. The molecule has 10 heteroatoms. The van der Waals surface area contributed by atoms with Crippen molar-refractivity contribution >= 4 is 44.2 Å². The Labute approximate surface area is 233 Å². The summed E-state index contributed by atoms with van der Waals surface area (Å²) in [5.74, 6) is -1.09. The van der Waals surface area contributed by atoms with E-state index in [9.17, 15) is 18.0 Å². The summed E-state index contributed by atoms with van der Waals surface area (Å²) in [6.45, 7) is 0.280. The number of hydrogen-bond acceptors (Lipinski definition) is 6. The first-order valence-electron chi connectivity index (χ1n) is 13.5. The molecule has 1 amide bonds. The molecule has 1 unspecified atom stereocenters. The van der Waals surface area contributed by atoms with Gasteiger partial charge in [-0.15, -0.1) is 0 Å². The highest BCUT2D eigenvalue weighted by molar-refractivity contribution is 7.92. The number of carboxylic acids is 1. The number of benzene rings is 2. The van der Waals surface area contributed by atoms with E-state index in [0.717, 1.165) is 35.4 Å². The Balaban J connectivity index is 1.41. The average molecular weight is 561 g/mol. The van der Waals surface area contributed by atoms with Gasteiger partial charge >= 0.3 is 5.97 Å². The quantitative estimate of drug-likeness (QED) is 0.360. The third-order valence-electron chi connectivity index (χ3n) is 7.23. The Hall–Kier alpha value is -4.05. The fourth-order valence-corrected chi connectivity index (χ4v) is 6.22. The standard InChI is InChI=1S/C30H32N4O5S/c1-40(38,39)34-18-17-23(22-11-5-7-13-27(22)34)33-30(37)21-15-16-24-26(19-21)31-25(12-6-8-14-28(35)36)29(32-24)20-9-3-2-4-10-20/h3,5,7,9-11,13,15-16,19,23H,2,4,6,8,12,14,17-18H2,1H3,(H,33,37)(H,35,36). The second-order valence-corrected chi connectivity index (χ2v) is 12.1. The number of aromatic nitrogens is 2. The van der Waals surface area contributed by atoms with Crippen molar-refractivity contribution in [3.8, 4) is 0 Å². The molecule has 0 spiro atoms. The molecule has 1 aliphatic heterocycles. The number of aliphatic carboxylic acids is 1. The van der Waals surface area contributed by atoms with E-state index in [4.69, 9.17) is 15.1 Å². The summed E-state index contributed by atoms with van der Waals surface area (Å²) in [4.78, 5) is 34.1. The summed E-state index contributed by atoms with van der Waals surface area (Å²) >= 11 is 0. The molecule has 2 heterocycles. The molecule has 2 N–H and O–H groups in total. The first-order valence-corrected chi connectivity index (χ1v) is 15.3. The van der Waals surface area contributed by atoms with Crippen LogP contribution < -0.4 is 9.62 Å². The van der Waals surface area contributed by atoms with Crippen LogP contribution in [0.5, 0.6) is 0 Å². The minimum Gasteiger partial charge on any atom is -0.481 e. The zero-order valence-electron chi connectivity index (χ0n) is 22.3. The number of carboxylic acid groups (broad SMARTS) is 1. The molecular weight excluding hydrogens is 528 g/mol. The summed E-state index contributed by atoms with van der Waals surface area (Å²) in [6, 6.07) is 12.1. The van der Waals surface area contributed by atoms with Crippen molar-refractivity contribution in [2.75, 3.05) is 17.1 Å². The van der Waals surface area contributed by atoms with E-state index in [-0.39, 0.29) is 24.9 Å². The molecule has 0 saturated heterocycles. The van der Waals surface area contributed by atoms with Crippen LogP contribution in [0, 0.1) is 0 Å². The Morgan fingerprint density at radius 1 is 1.07 bits per heavy atom. The molecule has 1 atom stereocenters. The van der Waals surface area contributed by atoms with Crippen LogP contribution in [0.15, 0.2) is 60.7 Å². The van der Waals surface area contributed by atoms with Gasteiger partial charge in [0.2, 0.25) is 10.0 Å². The van der Waals surface area contributed by atoms with Crippen LogP contribution in [-0.2, 0) is 21.2 Å². The van der Waals surface area contributed by atoms with Crippen LogP contribution in [0.25, 0.3) is 16.6 Å². The Bertz CT molecular complexity index is 1630. The largest absolute Gasteiger partial charge is 0.481 e. The topological polar surface area (TPSA) is 130 Å². The van der Waals surface area contributed by atoms with Crippen molar-refractivity contribution in [1.82, 2.24) is 15.3 Å². The van der Waals surface area contributed by atoms with E-state index in [1.807, 2.05) is 12.1 Å². The lowest BCUT2D eigenvalue weighted by molar-refractivity contribution is -0.137. The van der Waals surface area contributed by atoms with Gasteiger partial charge in [-0.3, -0.25) is 13.9 Å². The fourth-order valence-electron chi connectivity index (χ4n) is 5.26. The van der Waals surface area contributed by atoms with Crippen molar-refractivity contribution in [3.63, 3.8) is 0 Å². The predicted octanol–water partition coefficient (Wildman–Crippen LogP) is 4.80. The molecule has 1 aliphatic carbocycles. The number of amides is 1. The van der Waals surface area contributed by atoms with Gasteiger partial charge in [-0.05, 0) is 73.9 Å². The molecule has 0 fully saturated rings. The first kappa shape index (κ1) is 27.5. The van der Waals surface area contributed by atoms with E-state index in [2.05, 4.69) is 23.5 Å². The number of unbranched alkanes of at least 4 members (excludes halogenated alkanes) is 1. The van der Waals surface area contributed by atoms with Gasteiger partial charge in [0.1, 0.15) is 0 Å². The van der Waals surface area contributed by atoms with Crippen molar-refractivity contribution < 1.29 is 23.1 Å². The Kier molecular flexibility index (Phi) is 7.97. The molecule has 2 aromatic carbocycles. The number of carbonyl (C=O) groups excluding carboxylic acids is 1. The van der Waals surface area contributed by atoms with Crippen LogP contribution in [0.1, 0.15) is 71.9 Å². The Morgan fingerprint density at radius 2 is 1.90 bits per heavy atom. The van der Waals surface area contributed by atoms with E-state index >= 15 is 0 Å². The number of allylic oxidation sites excluding steroid dienone is 4. The summed E-state index contributed by atoms with van der Waals surface area (Å²) < 4.78 is 25.9. The molecule has 0 radical (unpaired) electrons.